The van der Waals surface area contributed by atoms with Crippen LogP contribution in [-0.2, 0) is 9.84 Å². The van der Waals surface area contributed by atoms with Gasteiger partial charge in [0.25, 0.3) is 0 Å². The minimum absolute atomic E-state index is 0.0187. The van der Waals surface area contributed by atoms with Gasteiger partial charge < -0.3 is 5.32 Å². The molecule has 16 heavy (non-hydrogen) atoms. The van der Waals surface area contributed by atoms with E-state index in [1.165, 1.54) is 0 Å². The molecule has 2 unspecified atom stereocenters. The Bertz CT molecular complexity index is 545. The normalized spacial score (nSPS) is 26.2. The largest absolute Gasteiger partial charge is 0.380 e. The Labute approximate surface area is 94.8 Å². The molecule has 0 saturated carbocycles. The maximum Gasteiger partial charge on any atom is 0.186 e. The van der Waals surface area contributed by atoms with Gasteiger partial charge in [0.2, 0.25) is 0 Å². The number of benzene rings is 1. The van der Waals surface area contributed by atoms with Crippen LogP contribution >= 0.6 is 0 Å². The lowest BCUT2D eigenvalue weighted by molar-refractivity contribution is 0.561. The molecule has 0 aliphatic carbocycles. The van der Waals surface area contributed by atoms with Crippen LogP contribution in [0.1, 0.15) is 13.3 Å². The topological polar surface area (TPSA) is 70.0 Å². The van der Waals surface area contributed by atoms with Gasteiger partial charge in [-0.2, -0.15) is 5.26 Å². The maximum atomic E-state index is 12.2. The third-order valence-corrected chi connectivity index (χ3v) is 5.17. The molecule has 0 saturated heterocycles. The van der Waals surface area contributed by atoms with Crippen LogP contribution < -0.4 is 5.32 Å². The SMILES string of the molecule is CC1Nc2ccccc2S(=O)(=O)C1CC#N. The Kier molecular flexibility index (Phi) is 2.60. The molecule has 2 rings (SSSR count). The number of nitrogens with zero attached hydrogens (tertiary/aromatic N) is 1. The van der Waals surface area contributed by atoms with E-state index >= 15 is 0 Å². The zero-order valence-electron chi connectivity index (χ0n) is 8.84. The smallest absolute Gasteiger partial charge is 0.186 e. The van der Waals surface area contributed by atoms with Gasteiger partial charge in [0.15, 0.2) is 9.84 Å². The van der Waals surface area contributed by atoms with Gasteiger partial charge in [-0.05, 0) is 19.1 Å². The summed E-state index contributed by atoms with van der Waals surface area (Å²) in [7, 11) is -3.38. The summed E-state index contributed by atoms with van der Waals surface area (Å²) in [6, 6.07) is 8.50. The summed E-state index contributed by atoms with van der Waals surface area (Å²) >= 11 is 0. The van der Waals surface area contributed by atoms with Crippen molar-refractivity contribution in [1.29, 1.82) is 5.26 Å². The van der Waals surface area contributed by atoms with E-state index in [4.69, 9.17) is 5.26 Å². The molecular formula is C11H12N2O2S. The van der Waals surface area contributed by atoms with Crippen LogP contribution in [0, 0.1) is 11.3 Å². The quantitative estimate of drug-likeness (QED) is 0.803. The number of nitrogens with one attached hydrogen (secondary N) is 1. The summed E-state index contributed by atoms with van der Waals surface area (Å²) in [5.74, 6) is 0. The fraction of sp³-hybridized carbons (Fsp3) is 0.364. The van der Waals surface area contributed by atoms with Gasteiger partial charge in [0.05, 0.1) is 28.3 Å². The second-order valence-corrected chi connectivity index (χ2v) is 6.01. The summed E-state index contributed by atoms with van der Waals surface area (Å²) in [5.41, 5.74) is 0.629. The first-order chi connectivity index (χ1) is 7.57. The number of rotatable bonds is 1. The molecule has 0 amide bonds. The van der Waals surface area contributed by atoms with E-state index < -0.39 is 15.1 Å². The lowest BCUT2D eigenvalue weighted by Gasteiger charge is -2.30. The van der Waals surface area contributed by atoms with Gasteiger partial charge in [0, 0.05) is 6.04 Å². The van der Waals surface area contributed by atoms with Crippen LogP contribution in [0.3, 0.4) is 0 Å². The second-order valence-electron chi connectivity index (χ2n) is 3.87. The molecule has 0 aromatic heterocycles. The molecule has 0 spiro atoms. The molecule has 1 aromatic rings. The summed E-state index contributed by atoms with van der Waals surface area (Å²) in [6.45, 7) is 1.79. The fourth-order valence-corrected chi connectivity index (χ4v) is 3.91. The van der Waals surface area contributed by atoms with E-state index in [0.717, 1.165) is 0 Å². The molecule has 0 radical (unpaired) electrons. The average molecular weight is 236 g/mol. The average Bonchev–Trinajstić information content (AvgIpc) is 2.24. The predicted molar refractivity (Wildman–Crippen MR) is 60.7 cm³/mol. The molecule has 0 bridgehead atoms. The lowest BCUT2D eigenvalue weighted by Crippen LogP contribution is -2.41. The van der Waals surface area contributed by atoms with Gasteiger partial charge >= 0.3 is 0 Å². The highest BCUT2D eigenvalue weighted by atomic mass is 32.2. The third-order valence-electron chi connectivity index (χ3n) is 2.83. The number of fused-ring (bicyclic) bond motifs is 1. The Balaban J connectivity index is 2.57. The molecule has 1 aliphatic rings. The summed E-state index contributed by atoms with van der Waals surface area (Å²) in [5, 5.41) is 11.1. The molecule has 0 fully saturated rings. The first-order valence-electron chi connectivity index (χ1n) is 5.04. The first kappa shape index (κ1) is 11.0. The molecule has 4 nitrogen and oxygen atoms in total. The van der Waals surface area contributed by atoms with Crippen molar-refractivity contribution >= 4 is 15.5 Å². The Hall–Kier alpha value is -1.54. The fourth-order valence-electron chi connectivity index (χ4n) is 1.98. The molecule has 1 heterocycles. The van der Waals surface area contributed by atoms with Gasteiger partial charge in [0.1, 0.15) is 0 Å². The zero-order valence-corrected chi connectivity index (χ0v) is 9.66. The van der Waals surface area contributed by atoms with E-state index in [2.05, 4.69) is 5.32 Å². The van der Waals surface area contributed by atoms with Crippen LogP contribution in [0.5, 0.6) is 0 Å². The van der Waals surface area contributed by atoms with E-state index in [9.17, 15) is 8.42 Å². The maximum absolute atomic E-state index is 12.2. The van der Waals surface area contributed by atoms with Crippen molar-refractivity contribution in [2.24, 2.45) is 0 Å². The second kappa shape index (κ2) is 3.80. The van der Waals surface area contributed by atoms with E-state index in [-0.39, 0.29) is 12.5 Å². The predicted octanol–water partition coefficient (Wildman–Crippen LogP) is 1.56. The van der Waals surface area contributed by atoms with Crippen LogP contribution in [0.25, 0.3) is 0 Å². The standard InChI is InChI=1S/C11H12N2O2S/c1-8-10(6-7-12)16(14,15)11-5-3-2-4-9(11)13-8/h2-5,8,10,13H,6H2,1H3. The van der Waals surface area contributed by atoms with Crippen molar-refractivity contribution < 1.29 is 8.42 Å². The monoisotopic (exact) mass is 236 g/mol. The Morgan fingerprint density at radius 2 is 2.12 bits per heavy atom. The summed E-state index contributed by atoms with van der Waals surface area (Å²) < 4.78 is 24.4. The van der Waals surface area contributed by atoms with E-state index in [1.54, 1.807) is 31.2 Å². The molecular weight excluding hydrogens is 224 g/mol. The van der Waals surface area contributed by atoms with Crippen LogP contribution in [0.2, 0.25) is 0 Å². The van der Waals surface area contributed by atoms with Gasteiger partial charge in [-0.1, -0.05) is 12.1 Å². The summed E-state index contributed by atoms with van der Waals surface area (Å²) in [6.07, 6.45) is 0.0187. The number of anilines is 1. The highest BCUT2D eigenvalue weighted by Gasteiger charge is 2.38. The van der Waals surface area contributed by atoms with Crippen molar-refractivity contribution in [3.8, 4) is 6.07 Å². The lowest BCUT2D eigenvalue weighted by atomic mass is 10.1. The van der Waals surface area contributed by atoms with Crippen molar-refractivity contribution in [2.75, 3.05) is 5.32 Å². The van der Waals surface area contributed by atoms with Crippen molar-refractivity contribution in [2.45, 2.75) is 29.5 Å². The molecule has 1 aliphatic heterocycles. The number of hydrogen-bond acceptors (Lipinski definition) is 4. The van der Waals surface area contributed by atoms with Gasteiger partial charge in [-0.25, -0.2) is 8.42 Å². The van der Waals surface area contributed by atoms with Gasteiger partial charge in [-0.3, -0.25) is 0 Å². The number of para-hydroxylation sites is 1. The molecule has 2 atom stereocenters. The highest BCUT2D eigenvalue weighted by molar-refractivity contribution is 7.92. The highest BCUT2D eigenvalue weighted by Crippen LogP contribution is 2.33. The van der Waals surface area contributed by atoms with E-state index in [1.807, 2.05) is 6.07 Å². The third kappa shape index (κ3) is 1.55. The van der Waals surface area contributed by atoms with E-state index in [0.29, 0.717) is 10.6 Å². The molecule has 84 valence electrons. The molecule has 1 aromatic carbocycles. The number of hydrogen-bond donors (Lipinski definition) is 1. The Morgan fingerprint density at radius 1 is 1.44 bits per heavy atom. The summed E-state index contributed by atoms with van der Waals surface area (Å²) in [4.78, 5) is 0.299. The van der Waals surface area contributed by atoms with Crippen molar-refractivity contribution in [3.63, 3.8) is 0 Å². The minimum atomic E-state index is -3.38. The van der Waals surface area contributed by atoms with Crippen LogP contribution in [-0.4, -0.2) is 19.7 Å². The minimum Gasteiger partial charge on any atom is -0.380 e. The van der Waals surface area contributed by atoms with Crippen LogP contribution in [0.4, 0.5) is 5.69 Å². The van der Waals surface area contributed by atoms with Gasteiger partial charge in [-0.15, -0.1) is 0 Å². The molecule has 5 heteroatoms. The molecule has 1 N–H and O–H groups in total. The zero-order chi connectivity index (χ0) is 11.8. The number of sulfone groups is 1. The van der Waals surface area contributed by atoms with Crippen molar-refractivity contribution in [3.05, 3.63) is 24.3 Å². The first-order valence-corrected chi connectivity index (χ1v) is 6.58. The number of nitriles is 1. The van der Waals surface area contributed by atoms with Crippen molar-refractivity contribution in [1.82, 2.24) is 0 Å². The Morgan fingerprint density at radius 3 is 2.81 bits per heavy atom. The van der Waals surface area contributed by atoms with Crippen LogP contribution in [0.15, 0.2) is 29.2 Å².